The highest BCUT2D eigenvalue weighted by molar-refractivity contribution is 7.15. The third-order valence-electron chi connectivity index (χ3n) is 3.26. The van der Waals surface area contributed by atoms with Gasteiger partial charge in [-0.15, -0.1) is 11.3 Å². The van der Waals surface area contributed by atoms with Crippen molar-refractivity contribution in [2.24, 2.45) is 0 Å². The molecule has 1 aliphatic heterocycles. The highest BCUT2D eigenvalue weighted by Gasteiger charge is 2.20. The number of aromatic nitrogens is 1. The fraction of sp³-hybridized carbons (Fsp3) is 0.308. The maximum absolute atomic E-state index is 5.68. The average molecular weight is 260 g/mol. The third kappa shape index (κ3) is 2.01. The zero-order valence-electron chi connectivity index (χ0n) is 10.3. The largest absolute Gasteiger partial charge is 0.375 e. The van der Waals surface area contributed by atoms with Crippen LogP contribution in [0, 0.1) is 0 Å². The van der Waals surface area contributed by atoms with Crippen molar-refractivity contribution in [3.63, 3.8) is 0 Å². The molecule has 2 N–H and O–H groups in total. The van der Waals surface area contributed by atoms with Crippen LogP contribution in [0.4, 0.5) is 16.5 Å². The van der Waals surface area contributed by atoms with Crippen molar-refractivity contribution < 1.29 is 0 Å². The van der Waals surface area contributed by atoms with Crippen LogP contribution in [0.1, 0.15) is 4.88 Å². The summed E-state index contributed by atoms with van der Waals surface area (Å²) in [4.78, 5) is 10.0. The average Bonchev–Trinajstić information content (AvgIpc) is 2.79. The Labute approximate surface area is 111 Å². The number of fused-ring (bicyclic) bond motifs is 1. The number of nitrogens with zero attached hydrogens (tertiary/aromatic N) is 3. The van der Waals surface area contributed by atoms with E-state index in [4.69, 9.17) is 5.73 Å². The van der Waals surface area contributed by atoms with Crippen LogP contribution in [-0.2, 0) is 6.54 Å². The fourth-order valence-corrected chi connectivity index (χ4v) is 3.01. The molecule has 3 rings (SSSR count). The summed E-state index contributed by atoms with van der Waals surface area (Å²) in [6.45, 7) is 2.97. The fourth-order valence-electron chi connectivity index (χ4n) is 2.31. The number of thiazole rings is 1. The quantitative estimate of drug-likeness (QED) is 0.899. The lowest BCUT2D eigenvalue weighted by atomic mass is 10.1. The Morgan fingerprint density at radius 1 is 1.28 bits per heavy atom. The molecule has 0 unspecified atom stereocenters. The molecule has 94 valence electrons. The van der Waals surface area contributed by atoms with E-state index in [0.717, 1.165) is 19.6 Å². The van der Waals surface area contributed by atoms with Gasteiger partial charge in [0.25, 0.3) is 0 Å². The molecule has 1 aromatic heterocycles. The van der Waals surface area contributed by atoms with Crippen LogP contribution in [0.3, 0.4) is 0 Å². The molecule has 4 nitrogen and oxygen atoms in total. The lowest BCUT2D eigenvalue weighted by Gasteiger charge is -2.36. The monoisotopic (exact) mass is 260 g/mol. The summed E-state index contributed by atoms with van der Waals surface area (Å²) < 4.78 is 0. The summed E-state index contributed by atoms with van der Waals surface area (Å²) in [5.74, 6) is 0. The summed E-state index contributed by atoms with van der Waals surface area (Å²) in [7, 11) is 2.14. The number of likely N-dealkylation sites (N-methyl/N-ethyl adjacent to an activating group) is 1. The molecule has 0 fully saturated rings. The Bertz CT molecular complexity index is 551. The van der Waals surface area contributed by atoms with E-state index in [1.807, 2.05) is 6.20 Å². The van der Waals surface area contributed by atoms with Gasteiger partial charge >= 0.3 is 0 Å². The van der Waals surface area contributed by atoms with Gasteiger partial charge < -0.3 is 15.5 Å². The van der Waals surface area contributed by atoms with E-state index in [1.54, 1.807) is 11.3 Å². The first-order valence-electron chi connectivity index (χ1n) is 5.99. The van der Waals surface area contributed by atoms with Crippen LogP contribution in [0.15, 0.2) is 30.5 Å². The molecular weight excluding hydrogens is 244 g/mol. The van der Waals surface area contributed by atoms with Crippen LogP contribution < -0.4 is 15.5 Å². The number of nitrogens with two attached hydrogens (primary N) is 1. The topological polar surface area (TPSA) is 45.4 Å². The Morgan fingerprint density at radius 3 is 2.78 bits per heavy atom. The van der Waals surface area contributed by atoms with Gasteiger partial charge in [-0.3, -0.25) is 0 Å². The zero-order valence-corrected chi connectivity index (χ0v) is 11.2. The van der Waals surface area contributed by atoms with E-state index in [0.29, 0.717) is 5.13 Å². The van der Waals surface area contributed by atoms with Crippen LogP contribution in [0.2, 0.25) is 0 Å². The number of para-hydroxylation sites is 2. The normalized spacial score (nSPS) is 14.7. The van der Waals surface area contributed by atoms with E-state index in [-0.39, 0.29) is 0 Å². The van der Waals surface area contributed by atoms with E-state index in [9.17, 15) is 0 Å². The molecule has 5 heteroatoms. The second-order valence-corrected chi connectivity index (χ2v) is 5.64. The first kappa shape index (κ1) is 11.3. The second-order valence-electron chi connectivity index (χ2n) is 4.50. The molecular formula is C13H16N4S. The van der Waals surface area contributed by atoms with E-state index in [1.165, 1.54) is 16.3 Å². The first-order valence-corrected chi connectivity index (χ1v) is 6.81. The van der Waals surface area contributed by atoms with Gasteiger partial charge in [-0.05, 0) is 12.1 Å². The van der Waals surface area contributed by atoms with Crippen molar-refractivity contribution in [1.29, 1.82) is 0 Å². The van der Waals surface area contributed by atoms with Gasteiger partial charge in [-0.1, -0.05) is 12.1 Å². The SMILES string of the molecule is CN1CCN(Cc2cnc(N)s2)c2ccccc21. The highest BCUT2D eigenvalue weighted by atomic mass is 32.1. The third-order valence-corrected chi connectivity index (χ3v) is 4.07. The molecule has 0 saturated heterocycles. The molecule has 0 bridgehead atoms. The maximum atomic E-state index is 5.68. The minimum atomic E-state index is 0.646. The van der Waals surface area contributed by atoms with Crippen LogP contribution in [0.25, 0.3) is 0 Å². The molecule has 0 amide bonds. The molecule has 0 radical (unpaired) electrons. The number of benzene rings is 1. The molecule has 2 aromatic rings. The van der Waals surface area contributed by atoms with Gasteiger partial charge in [-0.25, -0.2) is 4.98 Å². The van der Waals surface area contributed by atoms with Crippen molar-refractivity contribution in [1.82, 2.24) is 4.98 Å². The van der Waals surface area contributed by atoms with E-state index < -0.39 is 0 Å². The lowest BCUT2D eigenvalue weighted by molar-refractivity contribution is 0.739. The Balaban J connectivity index is 1.88. The Hall–Kier alpha value is -1.75. The number of rotatable bonds is 2. The minimum Gasteiger partial charge on any atom is -0.375 e. The van der Waals surface area contributed by atoms with E-state index in [2.05, 4.69) is 46.1 Å². The predicted octanol–water partition coefficient (Wildman–Crippen LogP) is 2.18. The van der Waals surface area contributed by atoms with Gasteiger partial charge in [0.2, 0.25) is 0 Å². The minimum absolute atomic E-state index is 0.646. The maximum Gasteiger partial charge on any atom is 0.180 e. The molecule has 2 heterocycles. The molecule has 0 atom stereocenters. The molecule has 0 spiro atoms. The number of anilines is 3. The molecule has 18 heavy (non-hydrogen) atoms. The van der Waals surface area contributed by atoms with Crippen molar-refractivity contribution in [2.75, 3.05) is 35.7 Å². The standard InChI is InChI=1S/C13H16N4S/c1-16-6-7-17(9-10-8-15-13(14)18-10)12-5-3-2-4-11(12)16/h2-5,8H,6-7,9H2,1H3,(H2,14,15). The summed E-state index contributed by atoms with van der Waals surface area (Å²) in [5, 5.41) is 0.646. The molecule has 0 aliphatic carbocycles. The van der Waals surface area contributed by atoms with E-state index >= 15 is 0 Å². The van der Waals surface area contributed by atoms with Gasteiger partial charge in [-0.2, -0.15) is 0 Å². The predicted molar refractivity (Wildman–Crippen MR) is 77.3 cm³/mol. The molecule has 1 aliphatic rings. The molecule has 0 saturated carbocycles. The number of hydrogen-bond acceptors (Lipinski definition) is 5. The zero-order chi connectivity index (χ0) is 12.5. The van der Waals surface area contributed by atoms with Crippen LogP contribution in [0.5, 0.6) is 0 Å². The first-order chi connectivity index (χ1) is 8.74. The summed E-state index contributed by atoms with van der Waals surface area (Å²) in [5.41, 5.74) is 8.26. The van der Waals surface area contributed by atoms with Gasteiger partial charge in [0, 0.05) is 31.2 Å². The number of nitrogen functional groups attached to an aromatic ring is 1. The van der Waals surface area contributed by atoms with Crippen molar-refractivity contribution >= 4 is 27.8 Å². The summed E-state index contributed by atoms with van der Waals surface area (Å²) in [6, 6.07) is 8.52. The van der Waals surface area contributed by atoms with Gasteiger partial charge in [0.05, 0.1) is 17.9 Å². The van der Waals surface area contributed by atoms with Crippen LogP contribution in [-0.4, -0.2) is 25.1 Å². The van der Waals surface area contributed by atoms with Gasteiger partial charge in [0.15, 0.2) is 5.13 Å². The van der Waals surface area contributed by atoms with Crippen LogP contribution >= 0.6 is 11.3 Å². The van der Waals surface area contributed by atoms with Crippen molar-refractivity contribution in [3.8, 4) is 0 Å². The number of hydrogen-bond donors (Lipinski definition) is 1. The lowest BCUT2D eigenvalue weighted by Crippen LogP contribution is -2.38. The smallest absolute Gasteiger partial charge is 0.180 e. The molecule has 1 aromatic carbocycles. The Morgan fingerprint density at radius 2 is 2.06 bits per heavy atom. The summed E-state index contributed by atoms with van der Waals surface area (Å²) in [6.07, 6.45) is 1.88. The summed E-state index contributed by atoms with van der Waals surface area (Å²) >= 11 is 1.57. The second kappa shape index (κ2) is 4.49. The Kier molecular flexibility index (Phi) is 2.83. The highest BCUT2D eigenvalue weighted by Crippen LogP contribution is 2.33. The van der Waals surface area contributed by atoms with Crippen molar-refractivity contribution in [2.45, 2.75) is 6.54 Å². The van der Waals surface area contributed by atoms with Gasteiger partial charge in [0.1, 0.15) is 0 Å². The van der Waals surface area contributed by atoms with Crippen molar-refractivity contribution in [3.05, 3.63) is 35.3 Å².